The fourth-order valence-corrected chi connectivity index (χ4v) is 3.20. The van der Waals surface area contributed by atoms with Crippen LogP contribution in [0.2, 0.25) is 0 Å². The lowest BCUT2D eigenvalue weighted by Crippen LogP contribution is -2.31. The first-order chi connectivity index (χ1) is 13.3. The molecule has 28 heavy (non-hydrogen) atoms. The average molecular weight is 379 g/mol. The number of hydrogen-bond acceptors (Lipinski definition) is 5. The number of amides is 2. The summed E-state index contributed by atoms with van der Waals surface area (Å²) in [4.78, 5) is 42.3. The molecule has 2 aromatic rings. The van der Waals surface area contributed by atoms with Crippen molar-refractivity contribution in [2.24, 2.45) is 5.92 Å². The van der Waals surface area contributed by atoms with Gasteiger partial charge in [-0.25, -0.2) is 0 Å². The number of anilines is 2. The van der Waals surface area contributed by atoms with E-state index in [1.54, 1.807) is 62.6 Å². The smallest absolute Gasteiger partial charge is 0.294 e. The molecule has 0 saturated carbocycles. The van der Waals surface area contributed by atoms with Gasteiger partial charge >= 0.3 is 0 Å². The van der Waals surface area contributed by atoms with Gasteiger partial charge in [0, 0.05) is 36.6 Å². The zero-order chi connectivity index (χ0) is 20.4. The van der Waals surface area contributed by atoms with E-state index in [9.17, 15) is 19.5 Å². The van der Waals surface area contributed by atoms with Gasteiger partial charge in [0.1, 0.15) is 0 Å². The Labute approximate surface area is 162 Å². The summed E-state index contributed by atoms with van der Waals surface area (Å²) in [6.07, 6.45) is 3.17. The standard InChI is InChI=1S/C21H21N3O4/c1-12(2)19(26)17-18(14-5-4-10-22-11-14)24(21(28)20(17)27)16-8-6-15(7-9-16)23-13(3)25/h4-12,18,27H,1-3H3,(H,23,25). The highest BCUT2D eigenvalue weighted by Gasteiger charge is 2.44. The van der Waals surface area contributed by atoms with Crippen LogP contribution in [0.4, 0.5) is 11.4 Å². The number of carbonyl (C=O) groups is 3. The topological polar surface area (TPSA) is 99.6 Å². The number of nitrogens with zero attached hydrogens (tertiary/aromatic N) is 2. The molecule has 0 spiro atoms. The number of ketones is 1. The van der Waals surface area contributed by atoms with Gasteiger partial charge in [0.15, 0.2) is 11.5 Å². The quantitative estimate of drug-likeness (QED) is 0.831. The number of nitrogens with one attached hydrogen (secondary N) is 1. The van der Waals surface area contributed by atoms with E-state index in [0.717, 1.165) is 0 Å². The minimum atomic E-state index is -0.775. The number of aromatic nitrogens is 1. The van der Waals surface area contributed by atoms with Gasteiger partial charge in [0.25, 0.3) is 5.91 Å². The van der Waals surface area contributed by atoms with Gasteiger partial charge in [-0.1, -0.05) is 19.9 Å². The summed E-state index contributed by atoms with van der Waals surface area (Å²) in [6, 6.07) is 9.32. The van der Waals surface area contributed by atoms with Crippen molar-refractivity contribution in [2.75, 3.05) is 10.2 Å². The molecule has 1 aromatic heterocycles. The molecule has 0 saturated heterocycles. The van der Waals surface area contributed by atoms with Gasteiger partial charge in [-0.05, 0) is 35.9 Å². The highest BCUT2D eigenvalue weighted by atomic mass is 16.3. The molecule has 1 aliphatic rings. The van der Waals surface area contributed by atoms with E-state index >= 15 is 0 Å². The number of hydrogen-bond donors (Lipinski definition) is 2. The van der Waals surface area contributed by atoms with Crippen molar-refractivity contribution in [3.63, 3.8) is 0 Å². The summed E-state index contributed by atoms with van der Waals surface area (Å²) in [5.41, 5.74) is 1.76. The first-order valence-electron chi connectivity index (χ1n) is 8.89. The molecule has 7 heteroatoms. The van der Waals surface area contributed by atoms with Gasteiger partial charge in [-0.2, -0.15) is 0 Å². The van der Waals surface area contributed by atoms with Gasteiger partial charge in [0.05, 0.1) is 11.6 Å². The van der Waals surface area contributed by atoms with Gasteiger partial charge in [-0.15, -0.1) is 0 Å². The van der Waals surface area contributed by atoms with Crippen molar-refractivity contribution in [3.8, 4) is 0 Å². The third kappa shape index (κ3) is 3.51. The molecule has 144 valence electrons. The fraction of sp³-hybridized carbons (Fsp3) is 0.238. The first-order valence-corrected chi connectivity index (χ1v) is 8.89. The van der Waals surface area contributed by atoms with Crippen LogP contribution in [0.1, 0.15) is 32.4 Å². The summed E-state index contributed by atoms with van der Waals surface area (Å²) in [7, 11) is 0. The van der Waals surface area contributed by atoms with Crippen molar-refractivity contribution in [1.29, 1.82) is 0 Å². The summed E-state index contributed by atoms with van der Waals surface area (Å²) in [6.45, 7) is 4.85. The van der Waals surface area contributed by atoms with E-state index in [4.69, 9.17) is 0 Å². The number of aliphatic hydroxyl groups is 1. The van der Waals surface area contributed by atoms with Crippen LogP contribution in [0.3, 0.4) is 0 Å². The number of Topliss-reactive ketones (excluding diaryl/α,β-unsaturated/α-hetero) is 1. The maximum absolute atomic E-state index is 12.9. The Hall–Kier alpha value is -3.48. The number of benzene rings is 1. The largest absolute Gasteiger partial charge is 0.503 e. The van der Waals surface area contributed by atoms with Crippen LogP contribution in [0.5, 0.6) is 0 Å². The van der Waals surface area contributed by atoms with Crippen molar-refractivity contribution in [2.45, 2.75) is 26.8 Å². The normalized spacial score (nSPS) is 16.6. The molecule has 0 bridgehead atoms. The van der Waals surface area contributed by atoms with Crippen molar-refractivity contribution in [3.05, 3.63) is 65.7 Å². The van der Waals surface area contributed by atoms with E-state index in [2.05, 4.69) is 10.3 Å². The second-order valence-corrected chi connectivity index (χ2v) is 6.87. The molecule has 0 aliphatic carbocycles. The summed E-state index contributed by atoms with van der Waals surface area (Å²) in [5, 5.41) is 13.2. The van der Waals surface area contributed by atoms with Crippen molar-refractivity contribution >= 4 is 29.0 Å². The van der Waals surface area contributed by atoms with Gasteiger partial charge < -0.3 is 10.4 Å². The van der Waals surface area contributed by atoms with Crippen LogP contribution < -0.4 is 10.2 Å². The van der Waals surface area contributed by atoms with E-state index < -0.39 is 17.7 Å². The van der Waals surface area contributed by atoms with Crippen LogP contribution in [-0.2, 0) is 14.4 Å². The zero-order valence-electron chi connectivity index (χ0n) is 15.8. The molecule has 1 unspecified atom stereocenters. The molecule has 1 atom stereocenters. The summed E-state index contributed by atoms with van der Waals surface area (Å²) >= 11 is 0. The Balaban J connectivity index is 2.08. The Morgan fingerprint density at radius 1 is 1.18 bits per heavy atom. The molecule has 2 amide bonds. The predicted octanol–water partition coefficient (Wildman–Crippen LogP) is 3.17. The Morgan fingerprint density at radius 3 is 2.39 bits per heavy atom. The maximum atomic E-state index is 12.9. The molecule has 2 N–H and O–H groups in total. The Morgan fingerprint density at radius 2 is 1.86 bits per heavy atom. The number of rotatable bonds is 5. The van der Waals surface area contributed by atoms with Crippen LogP contribution in [0, 0.1) is 5.92 Å². The zero-order valence-corrected chi connectivity index (χ0v) is 15.8. The monoisotopic (exact) mass is 379 g/mol. The van der Waals surface area contributed by atoms with Crippen molar-refractivity contribution < 1.29 is 19.5 Å². The van der Waals surface area contributed by atoms with Gasteiger partial charge in [0.2, 0.25) is 5.91 Å². The van der Waals surface area contributed by atoms with E-state index in [1.807, 2.05) is 0 Å². The third-order valence-electron chi connectivity index (χ3n) is 4.46. The maximum Gasteiger partial charge on any atom is 0.294 e. The number of pyridine rings is 1. The molecule has 1 aliphatic heterocycles. The SMILES string of the molecule is CC(=O)Nc1ccc(N2C(=O)C(O)=C(C(=O)C(C)C)C2c2cccnc2)cc1. The van der Waals surface area contributed by atoms with Crippen LogP contribution in [-0.4, -0.2) is 27.7 Å². The molecule has 0 fully saturated rings. The molecule has 0 radical (unpaired) electrons. The predicted molar refractivity (Wildman–Crippen MR) is 105 cm³/mol. The van der Waals surface area contributed by atoms with E-state index in [0.29, 0.717) is 16.9 Å². The highest BCUT2D eigenvalue weighted by molar-refractivity contribution is 6.16. The molecule has 1 aromatic carbocycles. The summed E-state index contributed by atoms with van der Waals surface area (Å²) in [5.74, 6) is -2.07. The highest BCUT2D eigenvalue weighted by Crippen LogP contribution is 2.41. The lowest BCUT2D eigenvalue weighted by molar-refractivity contribution is -0.119. The van der Waals surface area contributed by atoms with E-state index in [-0.39, 0.29) is 23.2 Å². The molecular weight excluding hydrogens is 358 g/mol. The van der Waals surface area contributed by atoms with Gasteiger partial charge in [-0.3, -0.25) is 24.3 Å². The molecular formula is C21H21N3O4. The second kappa shape index (κ2) is 7.64. The lowest BCUT2D eigenvalue weighted by Gasteiger charge is -2.27. The number of carbonyl (C=O) groups excluding carboxylic acids is 3. The molecule has 7 nitrogen and oxygen atoms in total. The Kier molecular flexibility index (Phi) is 5.26. The Bertz CT molecular complexity index is 949. The third-order valence-corrected chi connectivity index (χ3v) is 4.46. The van der Waals surface area contributed by atoms with Crippen molar-refractivity contribution in [1.82, 2.24) is 4.98 Å². The fourth-order valence-electron chi connectivity index (χ4n) is 3.20. The lowest BCUT2D eigenvalue weighted by atomic mass is 9.92. The van der Waals surface area contributed by atoms with Crippen LogP contribution in [0.15, 0.2) is 60.1 Å². The average Bonchev–Trinajstić information content (AvgIpc) is 2.93. The number of aliphatic hydroxyl groups excluding tert-OH is 1. The van der Waals surface area contributed by atoms with Crippen LogP contribution >= 0.6 is 0 Å². The summed E-state index contributed by atoms with van der Waals surface area (Å²) < 4.78 is 0. The minimum Gasteiger partial charge on any atom is -0.503 e. The molecule has 3 rings (SSSR count). The first kappa shape index (κ1) is 19.3. The second-order valence-electron chi connectivity index (χ2n) is 6.87. The van der Waals surface area contributed by atoms with E-state index in [1.165, 1.54) is 11.8 Å². The minimum absolute atomic E-state index is 0.0685. The van der Waals surface area contributed by atoms with Crippen LogP contribution in [0.25, 0.3) is 0 Å². The molecule has 2 heterocycles.